The molecule has 0 aliphatic carbocycles. The molecule has 2 aromatic rings. The normalized spacial score (nSPS) is 20.2. The van der Waals surface area contributed by atoms with Crippen molar-refractivity contribution >= 4 is 15.9 Å². The maximum atomic E-state index is 13.4. The Morgan fingerprint density at radius 2 is 1.91 bits per heavy atom. The van der Waals surface area contributed by atoms with Crippen LogP contribution >= 0.6 is 0 Å². The Morgan fingerprint density at radius 1 is 1.24 bits per heavy atom. The molecule has 11 heteroatoms. The first-order valence-corrected chi connectivity index (χ1v) is 13.7. The van der Waals surface area contributed by atoms with Crippen molar-refractivity contribution in [2.45, 2.75) is 44.7 Å². The lowest BCUT2D eigenvalue weighted by atomic mass is 9.65. The van der Waals surface area contributed by atoms with Crippen LogP contribution in [0.2, 0.25) is 0 Å². The van der Waals surface area contributed by atoms with E-state index in [-0.39, 0.29) is 23.6 Å². The fourth-order valence-corrected chi connectivity index (χ4v) is 6.18. The summed E-state index contributed by atoms with van der Waals surface area (Å²) in [6.07, 6.45) is 8.38. The highest BCUT2D eigenvalue weighted by molar-refractivity contribution is 7.88. The number of rotatable bonds is 8. The number of carbonyl (C=O) groups is 1. The number of carbonyl (C=O) groups excluding carboxylic acids is 1. The summed E-state index contributed by atoms with van der Waals surface area (Å²) in [5.74, 6) is -0.160. The van der Waals surface area contributed by atoms with E-state index >= 15 is 0 Å². The molecule has 34 heavy (non-hydrogen) atoms. The number of likely N-dealkylation sites (tertiary alicyclic amines) is 1. The van der Waals surface area contributed by atoms with Crippen molar-refractivity contribution < 1.29 is 17.6 Å². The van der Waals surface area contributed by atoms with Crippen LogP contribution in [0.15, 0.2) is 36.9 Å². The van der Waals surface area contributed by atoms with Gasteiger partial charge in [-0.05, 0) is 74.2 Å². The predicted molar refractivity (Wildman–Crippen MR) is 126 cm³/mol. The van der Waals surface area contributed by atoms with Crippen LogP contribution in [0.1, 0.15) is 31.2 Å². The molecule has 4 rings (SSSR count). The number of hydrogen-bond donors (Lipinski definition) is 2. The minimum atomic E-state index is -3.60. The number of nitrogens with one attached hydrogen (secondary N) is 2. The van der Waals surface area contributed by atoms with Gasteiger partial charge in [0.15, 0.2) is 0 Å². The minimum Gasteiger partial charge on any atom is -0.341 e. The van der Waals surface area contributed by atoms with Crippen LogP contribution < -0.4 is 10.0 Å². The number of halogens is 1. The first-order chi connectivity index (χ1) is 16.2. The van der Waals surface area contributed by atoms with Crippen LogP contribution in [0.4, 0.5) is 4.39 Å². The number of benzene rings is 1. The lowest BCUT2D eigenvalue weighted by Gasteiger charge is -2.47. The van der Waals surface area contributed by atoms with E-state index < -0.39 is 16.1 Å². The van der Waals surface area contributed by atoms with Crippen LogP contribution in [-0.2, 0) is 27.8 Å². The largest absolute Gasteiger partial charge is 0.341 e. The lowest BCUT2D eigenvalue weighted by Crippen LogP contribution is -2.53. The van der Waals surface area contributed by atoms with E-state index in [1.165, 1.54) is 12.1 Å². The molecule has 2 saturated heterocycles. The molecule has 0 saturated carbocycles. The van der Waals surface area contributed by atoms with E-state index in [0.717, 1.165) is 51.6 Å². The fraction of sp³-hybridized carbons (Fsp3) is 0.609. The smallest absolute Gasteiger partial charge is 0.241 e. The summed E-state index contributed by atoms with van der Waals surface area (Å²) >= 11 is 0. The molecule has 1 aromatic carbocycles. The van der Waals surface area contributed by atoms with E-state index in [9.17, 15) is 17.6 Å². The first kappa shape index (κ1) is 24.7. The maximum absolute atomic E-state index is 13.4. The van der Waals surface area contributed by atoms with Gasteiger partial charge in [-0.25, -0.2) is 22.5 Å². The molecule has 0 spiro atoms. The van der Waals surface area contributed by atoms with Crippen molar-refractivity contribution in [3.63, 3.8) is 0 Å². The van der Waals surface area contributed by atoms with Gasteiger partial charge in [0.25, 0.3) is 0 Å². The molecule has 9 nitrogen and oxygen atoms in total. The second kappa shape index (κ2) is 10.5. The van der Waals surface area contributed by atoms with Gasteiger partial charge in [-0.1, -0.05) is 12.1 Å². The summed E-state index contributed by atoms with van der Waals surface area (Å²) in [5, 5.41) is 7.78. The lowest BCUT2D eigenvalue weighted by molar-refractivity contribution is -0.135. The Kier molecular flexibility index (Phi) is 7.63. The standard InChI is InChI=1S/C23H33FN6O3S/c1-34(32,33)28-21(14-18-2-4-20(24)5-3-18)22(31)29-12-6-19(7-13-29)23(8-10-25-11-9-23)15-30-17-26-16-27-30/h2-5,16-17,19,21,25,28H,6-15H2,1H3/t21-/m1/s1. The fourth-order valence-electron chi connectivity index (χ4n) is 5.48. The second-order valence-electron chi connectivity index (χ2n) is 9.58. The van der Waals surface area contributed by atoms with Gasteiger partial charge in [0, 0.05) is 19.6 Å². The molecule has 2 N–H and O–H groups in total. The zero-order valence-corrected chi connectivity index (χ0v) is 20.3. The zero-order chi connectivity index (χ0) is 24.2. The van der Waals surface area contributed by atoms with Gasteiger partial charge in [0.1, 0.15) is 24.5 Å². The third kappa shape index (κ3) is 6.19. The van der Waals surface area contributed by atoms with Gasteiger partial charge >= 0.3 is 0 Å². The van der Waals surface area contributed by atoms with E-state index in [0.29, 0.717) is 24.6 Å². The first-order valence-electron chi connectivity index (χ1n) is 11.8. The van der Waals surface area contributed by atoms with Gasteiger partial charge in [0.2, 0.25) is 15.9 Å². The van der Waals surface area contributed by atoms with Crippen LogP contribution in [0.25, 0.3) is 0 Å². The van der Waals surface area contributed by atoms with Gasteiger partial charge in [0.05, 0.1) is 6.26 Å². The Labute approximate surface area is 200 Å². The molecule has 1 atom stereocenters. The Hall–Kier alpha value is -2.37. The van der Waals surface area contributed by atoms with Gasteiger partial charge in [-0.3, -0.25) is 9.48 Å². The molecule has 2 aliphatic heterocycles. The van der Waals surface area contributed by atoms with Crippen LogP contribution in [0.3, 0.4) is 0 Å². The van der Waals surface area contributed by atoms with Gasteiger partial charge in [-0.15, -0.1) is 0 Å². The zero-order valence-electron chi connectivity index (χ0n) is 19.5. The number of hydrogen-bond acceptors (Lipinski definition) is 6. The van der Waals surface area contributed by atoms with E-state index in [1.54, 1.807) is 29.7 Å². The van der Waals surface area contributed by atoms with Crippen LogP contribution in [0.5, 0.6) is 0 Å². The number of nitrogens with zero attached hydrogens (tertiary/aromatic N) is 4. The number of aromatic nitrogens is 3. The van der Waals surface area contributed by atoms with E-state index in [4.69, 9.17) is 0 Å². The molecule has 1 aromatic heterocycles. The van der Waals surface area contributed by atoms with E-state index in [2.05, 4.69) is 20.1 Å². The Morgan fingerprint density at radius 3 is 2.50 bits per heavy atom. The topological polar surface area (TPSA) is 109 Å². The van der Waals surface area contributed by atoms with Crippen LogP contribution in [-0.4, -0.2) is 72.5 Å². The van der Waals surface area contributed by atoms with Crippen molar-refractivity contribution in [1.82, 2.24) is 29.7 Å². The van der Waals surface area contributed by atoms with Crippen LogP contribution in [0, 0.1) is 17.2 Å². The maximum Gasteiger partial charge on any atom is 0.241 e. The summed E-state index contributed by atoms with van der Waals surface area (Å²) in [5.41, 5.74) is 0.805. The average Bonchev–Trinajstić information content (AvgIpc) is 3.32. The van der Waals surface area contributed by atoms with Crippen molar-refractivity contribution in [2.75, 3.05) is 32.4 Å². The Bertz CT molecular complexity index is 1050. The summed E-state index contributed by atoms with van der Waals surface area (Å²) in [6.45, 7) is 3.91. The van der Waals surface area contributed by atoms with E-state index in [1.807, 2.05) is 4.68 Å². The molecule has 0 radical (unpaired) electrons. The monoisotopic (exact) mass is 492 g/mol. The quantitative estimate of drug-likeness (QED) is 0.573. The average molecular weight is 493 g/mol. The second-order valence-corrected chi connectivity index (χ2v) is 11.4. The number of amides is 1. The van der Waals surface area contributed by atoms with Crippen molar-refractivity contribution in [3.05, 3.63) is 48.3 Å². The molecule has 2 fully saturated rings. The third-order valence-corrected chi connectivity index (χ3v) is 7.94. The molecule has 0 bridgehead atoms. The highest BCUT2D eigenvalue weighted by Crippen LogP contribution is 2.44. The molecule has 2 aliphatic rings. The summed E-state index contributed by atoms with van der Waals surface area (Å²) < 4.78 is 41.6. The Balaban J connectivity index is 1.44. The van der Waals surface area contributed by atoms with Gasteiger partial charge < -0.3 is 10.2 Å². The summed E-state index contributed by atoms with van der Waals surface area (Å²) in [4.78, 5) is 19.2. The number of sulfonamides is 1. The molecule has 0 unspecified atom stereocenters. The van der Waals surface area contributed by atoms with Crippen molar-refractivity contribution in [3.8, 4) is 0 Å². The molecular formula is C23H33FN6O3S. The summed E-state index contributed by atoms with van der Waals surface area (Å²) in [6, 6.07) is 4.88. The molecule has 3 heterocycles. The van der Waals surface area contributed by atoms with Gasteiger partial charge in [-0.2, -0.15) is 5.10 Å². The molecular weight excluding hydrogens is 459 g/mol. The predicted octanol–water partition coefficient (Wildman–Crippen LogP) is 1.19. The van der Waals surface area contributed by atoms with Crippen molar-refractivity contribution in [2.24, 2.45) is 11.3 Å². The van der Waals surface area contributed by atoms with Crippen molar-refractivity contribution in [1.29, 1.82) is 0 Å². The third-order valence-electron chi connectivity index (χ3n) is 7.22. The molecule has 1 amide bonds. The highest BCUT2D eigenvalue weighted by Gasteiger charge is 2.42. The number of piperidine rings is 2. The SMILES string of the molecule is CS(=O)(=O)N[C@H](Cc1ccc(F)cc1)C(=O)N1CCC(C2(Cn3cncn3)CCNCC2)CC1. The molecule has 186 valence electrons. The minimum absolute atomic E-state index is 0.104. The summed E-state index contributed by atoms with van der Waals surface area (Å²) in [7, 11) is -3.60. The highest BCUT2D eigenvalue weighted by atomic mass is 32.2.